The van der Waals surface area contributed by atoms with E-state index in [0.29, 0.717) is 5.54 Å². The second-order valence-electron chi connectivity index (χ2n) is 6.61. The van der Waals surface area contributed by atoms with Crippen LogP contribution in [-0.4, -0.2) is 49.3 Å². The fourth-order valence-electron chi connectivity index (χ4n) is 2.68. The minimum atomic E-state index is -0.0117. The van der Waals surface area contributed by atoms with E-state index in [-0.39, 0.29) is 12.0 Å². The fourth-order valence-corrected chi connectivity index (χ4v) is 2.68. The molecule has 0 aromatic heterocycles. The summed E-state index contributed by atoms with van der Waals surface area (Å²) in [4.78, 5) is 2.39. The van der Waals surface area contributed by atoms with Crippen molar-refractivity contribution in [3.8, 4) is 0 Å². The third-order valence-electron chi connectivity index (χ3n) is 4.22. The molecule has 0 radical (unpaired) electrons. The van der Waals surface area contributed by atoms with E-state index in [1.54, 1.807) is 0 Å². The Hall–Kier alpha value is -0.120. The second kappa shape index (κ2) is 6.17. The van der Waals surface area contributed by atoms with Crippen molar-refractivity contribution in [3.05, 3.63) is 0 Å². The van der Waals surface area contributed by atoms with Crippen LogP contribution in [0.15, 0.2) is 0 Å². The molecule has 0 spiro atoms. The Morgan fingerprint density at radius 2 is 1.76 bits per heavy atom. The molecule has 2 N–H and O–H groups in total. The molecule has 0 amide bonds. The van der Waals surface area contributed by atoms with Gasteiger partial charge in [-0.05, 0) is 26.9 Å². The van der Waals surface area contributed by atoms with Crippen LogP contribution >= 0.6 is 0 Å². The third kappa shape index (κ3) is 4.23. The summed E-state index contributed by atoms with van der Waals surface area (Å²) < 4.78 is 0. The highest BCUT2D eigenvalue weighted by molar-refractivity contribution is 4.93. The summed E-state index contributed by atoms with van der Waals surface area (Å²) in [6.07, 6.45) is 6.68. The summed E-state index contributed by atoms with van der Waals surface area (Å²) in [5, 5.41) is 12.8. The number of aliphatic hydroxyl groups excluding tert-OH is 1. The Bertz CT molecular complexity index is 220. The number of nitrogens with zero attached hydrogens (tertiary/aromatic N) is 1. The molecular weight excluding hydrogens is 212 g/mol. The van der Waals surface area contributed by atoms with Gasteiger partial charge in [-0.25, -0.2) is 0 Å². The maximum Gasteiger partial charge on any atom is 0.0494 e. The highest BCUT2D eigenvalue weighted by atomic mass is 16.3. The van der Waals surface area contributed by atoms with Crippen molar-refractivity contribution in [3.63, 3.8) is 0 Å². The summed E-state index contributed by atoms with van der Waals surface area (Å²) in [5.74, 6) is 0. The van der Waals surface area contributed by atoms with Gasteiger partial charge < -0.3 is 15.3 Å². The van der Waals surface area contributed by atoms with Crippen LogP contribution in [0.3, 0.4) is 0 Å². The lowest BCUT2D eigenvalue weighted by Crippen LogP contribution is -2.54. The molecule has 0 heterocycles. The Morgan fingerprint density at radius 1 is 1.18 bits per heavy atom. The monoisotopic (exact) mass is 242 g/mol. The topological polar surface area (TPSA) is 35.5 Å². The van der Waals surface area contributed by atoms with Crippen LogP contribution in [0, 0.1) is 5.41 Å². The van der Waals surface area contributed by atoms with Crippen LogP contribution < -0.4 is 5.32 Å². The maximum atomic E-state index is 9.25. The molecule has 0 atom stereocenters. The Labute approximate surface area is 107 Å². The number of hydrogen-bond donors (Lipinski definition) is 2. The van der Waals surface area contributed by atoms with Crippen molar-refractivity contribution in [1.82, 2.24) is 10.2 Å². The quantitative estimate of drug-likeness (QED) is 0.746. The first-order chi connectivity index (χ1) is 7.92. The van der Waals surface area contributed by atoms with Crippen LogP contribution in [0.5, 0.6) is 0 Å². The van der Waals surface area contributed by atoms with Gasteiger partial charge in [-0.15, -0.1) is 0 Å². The lowest BCUT2D eigenvalue weighted by Gasteiger charge is -2.43. The van der Waals surface area contributed by atoms with Gasteiger partial charge in [0.15, 0.2) is 0 Å². The fraction of sp³-hybridized carbons (Fsp3) is 1.00. The summed E-state index contributed by atoms with van der Waals surface area (Å²) in [7, 11) is 4.40. The average molecular weight is 242 g/mol. The zero-order valence-electron chi connectivity index (χ0n) is 12.1. The first-order valence-corrected chi connectivity index (χ1v) is 6.91. The van der Waals surface area contributed by atoms with E-state index in [1.165, 1.54) is 32.1 Å². The van der Waals surface area contributed by atoms with Crippen molar-refractivity contribution < 1.29 is 5.11 Å². The summed E-state index contributed by atoms with van der Waals surface area (Å²) >= 11 is 0. The molecule has 3 heteroatoms. The van der Waals surface area contributed by atoms with Crippen molar-refractivity contribution in [2.45, 2.75) is 51.5 Å². The number of nitrogens with one attached hydrogen (secondary N) is 1. The Balaban J connectivity index is 2.45. The predicted octanol–water partition coefficient (Wildman–Crippen LogP) is 1.86. The number of likely N-dealkylation sites (N-methyl/N-ethyl adjacent to an activating group) is 1. The zero-order chi connectivity index (χ0) is 12.9. The highest BCUT2D eigenvalue weighted by Gasteiger charge is 2.34. The molecule has 1 aliphatic rings. The maximum absolute atomic E-state index is 9.25. The van der Waals surface area contributed by atoms with Gasteiger partial charge in [-0.2, -0.15) is 0 Å². The standard InChI is InChI=1S/C14H30N2O/c1-13(2,12-17)10-15-11-14(16(3)4)8-6-5-7-9-14/h15,17H,5-12H2,1-4H3. The van der Waals surface area contributed by atoms with Gasteiger partial charge in [0.2, 0.25) is 0 Å². The van der Waals surface area contributed by atoms with E-state index in [1.807, 2.05) is 0 Å². The summed E-state index contributed by atoms with van der Waals surface area (Å²) in [5.41, 5.74) is 0.325. The molecule has 1 fully saturated rings. The smallest absolute Gasteiger partial charge is 0.0494 e. The average Bonchev–Trinajstić information content (AvgIpc) is 2.30. The van der Waals surface area contributed by atoms with E-state index in [9.17, 15) is 5.11 Å². The first kappa shape index (κ1) is 14.9. The minimum Gasteiger partial charge on any atom is -0.396 e. The zero-order valence-corrected chi connectivity index (χ0v) is 12.1. The number of rotatable bonds is 6. The van der Waals surface area contributed by atoms with Crippen molar-refractivity contribution in [2.24, 2.45) is 5.41 Å². The van der Waals surface area contributed by atoms with Gasteiger partial charge in [0.1, 0.15) is 0 Å². The molecule has 102 valence electrons. The number of aliphatic hydroxyl groups is 1. The van der Waals surface area contributed by atoms with Crippen molar-refractivity contribution in [2.75, 3.05) is 33.8 Å². The molecule has 0 aliphatic heterocycles. The van der Waals surface area contributed by atoms with Gasteiger partial charge in [-0.3, -0.25) is 0 Å². The van der Waals surface area contributed by atoms with Crippen LogP contribution in [0.2, 0.25) is 0 Å². The van der Waals surface area contributed by atoms with E-state index < -0.39 is 0 Å². The molecule has 1 rings (SSSR count). The Morgan fingerprint density at radius 3 is 2.24 bits per heavy atom. The SMILES string of the molecule is CN(C)C1(CNCC(C)(C)CO)CCCCC1. The van der Waals surface area contributed by atoms with Crippen LogP contribution in [-0.2, 0) is 0 Å². The second-order valence-corrected chi connectivity index (χ2v) is 6.61. The van der Waals surface area contributed by atoms with Gasteiger partial charge in [0.25, 0.3) is 0 Å². The predicted molar refractivity (Wildman–Crippen MR) is 73.2 cm³/mol. The van der Waals surface area contributed by atoms with Crippen LogP contribution in [0.4, 0.5) is 0 Å². The highest BCUT2D eigenvalue weighted by Crippen LogP contribution is 2.31. The Kier molecular flexibility index (Phi) is 5.42. The summed E-state index contributed by atoms with van der Waals surface area (Å²) in [6, 6.07) is 0. The van der Waals surface area contributed by atoms with Gasteiger partial charge in [0, 0.05) is 30.7 Å². The summed E-state index contributed by atoms with van der Waals surface area (Å²) in [6.45, 7) is 6.38. The van der Waals surface area contributed by atoms with Gasteiger partial charge in [-0.1, -0.05) is 33.1 Å². The van der Waals surface area contributed by atoms with Crippen molar-refractivity contribution >= 4 is 0 Å². The molecule has 0 unspecified atom stereocenters. The molecule has 0 saturated heterocycles. The molecular formula is C14H30N2O. The molecule has 3 nitrogen and oxygen atoms in total. The molecule has 1 aliphatic carbocycles. The molecule has 0 bridgehead atoms. The molecule has 0 aromatic rings. The minimum absolute atomic E-state index is 0.0117. The van der Waals surface area contributed by atoms with Gasteiger partial charge in [0.05, 0.1) is 0 Å². The van der Waals surface area contributed by atoms with E-state index in [4.69, 9.17) is 0 Å². The first-order valence-electron chi connectivity index (χ1n) is 6.91. The van der Waals surface area contributed by atoms with Crippen molar-refractivity contribution in [1.29, 1.82) is 0 Å². The largest absolute Gasteiger partial charge is 0.396 e. The molecule has 1 saturated carbocycles. The molecule has 17 heavy (non-hydrogen) atoms. The number of hydrogen-bond acceptors (Lipinski definition) is 3. The van der Waals surface area contributed by atoms with E-state index in [0.717, 1.165) is 13.1 Å². The normalized spacial score (nSPS) is 20.8. The van der Waals surface area contributed by atoms with Gasteiger partial charge >= 0.3 is 0 Å². The van der Waals surface area contributed by atoms with E-state index in [2.05, 4.69) is 38.2 Å². The lowest BCUT2D eigenvalue weighted by atomic mass is 9.80. The van der Waals surface area contributed by atoms with Crippen LogP contribution in [0.25, 0.3) is 0 Å². The van der Waals surface area contributed by atoms with Crippen LogP contribution in [0.1, 0.15) is 46.0 Å². The lowest BCUT2D eigenvalue weighted by molar-refractivity contribution is 0.0895. The van der Waals surface area contributed by atoms with E-state index >= 15 is 0 Å². The third-order valence-corrected chi connectivity index (χ3v) is 4.22. The molecule has 0 aromatic carbocycles.